The molecule has 5 nitrogen and oxygen atoms in total. The van der Waals surface area contributed by atoms with Crippen LogP contribution in [0.15, 0.2) is 42.5 Å². The Kier molecular flexibility index (Phi) is 3.78. The van der Waals surface area contributed by atoms with E-state index in [9.17, 15) is 4.79 Å². The quantitative estimate of drug-likeness (QED) is 0.752. The molecule has 0 amide bonds. The Labute approximate surface area is 127 Å². The van der Waals surface area contributed by atoms with Crippen LogP contribution in [0.4, 0.5) is 0 Å². The van der Waals surface area contributed by atoms with Gasteiger partial charge < -0.3 is 14.5 Å². The van der Waals surface area contributed by atoms with Crippen molar-refractivity contribution in [2.24, 2.45) is 0 Å². The Balaban J connectivity index is 2.08. The predicted octanol–water partition coefficient (Wildman–Crippen LogP) is 2.95. The third kappa shape index (κ3) is 2.53. The number of methoxy groups -OCH3 is 2. The van der Waals surface area contributed by atoms with Gasteiger partial charge in [0.15, 0.2) is 0 Å². The van der Waals surface area contributed by atoms with Crippen molar-refractivity contribution in [3.8, 4) is 5.75 Å². The largest absolute Gasteiger partial charge is 0.494 e. The average Bonchev–Trinajstić information content (AvgIpc) is 2.97. The van der Waals surface area contributed by atoms with Gasteiger partial charge in [0.25, 0.3) is 0 Å². The molecule has 0 aliphatic carbocycles. The summed E-state index contributed by atoms with van der Waals surface area (Å²) in [5.74, 6) is 1.01. The second kappa shape index (κ2) is 5.89. The number of ether oxygens (including phenoxy) is 2. The van der Waals surface area contributed by atoms with Gasteiger partial charge in [-0.25, -0.2) is 9.78 Å². The number of hydrogen-bond acceptors (Lipinski definition) is 4. The molecule has 0 saturated carbocycles. The summed E-state index contributed by atoms with van der Waals surface area (Å²) in [6, 6.07) is 13.4. The number of aromatic nitrogens is 2. The lowest BCUT2D eigenvalue weighted by Crippen LogP contribution is -2.02. The number of fused-ring (bicyclic) bond motifs is 1. The number of carbonyl (C=O) groups excluding carboxylic acids is 1. The number of benzene rings is 2. The fourth-order valence-corrected chi connectivity index (χ4v) is 2.43. The molecule has 112 valence electrons. The van der Waals surface area contributed by atoms with Crippen molar-refractivity contribution in [2.75, 3.05) is 14.2 Å². The summed E-state index contributed by atoms with van der Waals surface area (Å²) in [7, 11) is 2.94. The number of nitrogens with one attached hydrogen (secondary N) is 1. The first-order chi connectivity index (χ1) is 10.7. The summed E-state index contributed by atoms with van der Waals surface area (Å²) in [4.78, 5) is 19.7. The molecule has 1 aromatic heterocycles. The maximum atomic E-state index is 11.9. The summed E-state index contributed by atoms with van der Waals surface area (Å²) in [6.07, 6.45) is 0.652. The first-order valence-corrected chi connectivity index (χ1v) is 6.90. The van der Waals surface area contributed by atoms with Crippen molar-refractivity contribution < 1.29 is 14.3 Å². The number of esters is 1. The lowest BCUT2D eigenvalue weighted by Gasteiger charge is -2.04. The van der Waals surface area contributed by atoms with Gasteiger partial charge in [-0.1, -0.05) is 30.3 Å². The summed E-state index contributed by atoms with van der Waals surface area (Å²) in [6.45, 7) is 0. The van der Waals surface area contributed by atoms with Crippen LogP contribution in [0.1, 0.15) is 21.7 Å². The Morgan fingerprint density at radius 2 is 1.91 bits per heavy atom. The molecule has 1 N–H and O–H groups in total. The van der Waals surface area contributed by atoms with E-state index in [1.165, 1.54) is 7.11 Å². The van der Waals surface area contributed by atoms with Gasteiger partial charge in [0.1, 0.15) is 22.6 Å². The number of rotatable bonds is 4. The fourth-order valence-electron chi connectivity index (χ4n) is 2.43. The first kappa shape index (κ1) is 14.1. The Hall–Kier alpha value is -2.82. The van der Waals surface area contributed by atoms with E-state index in [2.05, 4.69) is 9.97 Å². The van der Waals surface area contributed by atoms with Crippen LogP contribution in [0.2, 0.25) is 0 Å². The molecule has 0 unspecified atom stereocenters. The van der Waals surface area contributed by atoms with Crippen molar-refractivity contribution in [3.63, 3.8) is 0 Å². The summed E-state index contributed by atoms with van der Waals surface area (Å²) < 4.78 is 10.1. The zero-order valence-corrected chi connectivity index (χ0v) is 12.4. The van der Waals surface area contributed by atoms with Crippen LogP contribution in [0.3, 0.4) is 0 Å². The van der Waals surface area contributed by atoms with Gasteiger partial charge in [0.2, 0.25) is 0 Å². The van der Waals surface area contributed by atoms with Gasteiger partial charge in [-0.3, -0.25) is 0 Å². The topological polar surface area (TPSA) is 64.2 Å². The van der Waals surface area contributed by atoms with E-state index in [0.717, 1.165) is 11.4 Å². The highest BCUT2D eigenvalue weighted by Crippen LogP contribution is 2.27. The first-order valence-electron chi connectivity index (χ1n) is 6.90. The van der Waals surface area contributed by atoms with Crippen molar-refractivity contribution in [1.29, 1.82) is 0 Å². The zero-order chi connectivity index (χ0) is 15.5. The molecule has 0 atom stereocenters. The fraction of sp³-hybridized carbons (Fsp3) is 0.176. The Bertz CT molecular complexity index is 809. The third-order valence-electron chi connectivity index (χ3n) is 3.50. The van der Waals surface area contributed by atoms with Crippen LogP contribution in [0.25, 0.3) is 11.0 Å². The Morgan fingerprint density at radius 3 is 2.59 bits per heavy atom. The average molecular weight is 296 g/mol. The monoisotopic (exact) mass is 296 g/mol. The van der Waals surface area contributed by atoms with Crippen molar-refractivity contribution in [2.45, 2.75) is 6.42 Å². The number of H-pyrrole nitrogens is 1. The number of carbonyl (C=O) groups is 1. The SMILES string of the molecule is COC(=O)c1ccc(OC)c2[nH]c(Cc3ccccc3)nc12. The lowest BCUT2D eigenvalue weighted by atomic mass is 10.1. The summed E-state index contributed by atoms with van der Waals surface area (Å²) in [5, 5.41) is 0. The molecule has 0 spiro atoms. The molecule has 1 heterocycles. The minimum Gasteiger partial charge on any atom is -0.494 e. The maximum Gasteiger partial charge on any atom is 0.340 e. The summed E-state index contributed by atoms with van der Waals surface area (Å²) in [5.41, 5.74) is 2.84. The van der Waals surface area contributed by atoms with Crippen LogP contribution in [0, 0.1) is 0 Å². The molecule has 0 saturated heterocycles. The second-order valence-corrected chi connectivity index (χ2v) is 4.88. The maximum absolute atomic E-state index is 11.9. The highest BCUT2D eigenvalue weighted by atomic mass is 16.5. The smallest absolute Gasteiger partial charge is 0.340 e. The number of nitrogens with zero attached hydrogens (tertiary/aromatic N) is 1. The highest BCUT2D eigenvalue weighted by molar-refractivity contribution is 6.03. The predicted molar refractivity (Wildman–Crippen MR) is 83.2 cm³/mol. The minimum atomic E-state index is -0.412. The standard InChI is InChI=1S/C17H16N2O3/c1-21-13-9-8-12(17(20)22-2)15-16(13)19-14(18-15)10-11-6-4-3-5-7-11/h3-9H,10H2,1-2H3,(H,18,19). The molecule has 22 heavy (non-hydrogen) atoms. The van der Waals surface area contributed by atoms with Gasteiger partial charge in [0.05, 0.1) is 19.8 Å². The van der Waals surface area contributed by atoms with E-state index in [-0.39, 0.29) is 0 Å². The molecule has 0 radical (unpaired) electrons. The molecule has 3 aromatic rings. The molecule has 0 aliphatic rings. The van der Waals surface area contributed by atoms with Crippen LogP contribution < -0.4 is 4.74 Å². The Morgan fingerprint density at radius 1 is 1.14 bits per heavy atom. The second-order valence-electron chi connectivity index (χ2n) is 4.88. The third-order valence-corrected chi connectivity index (χ3v) is 3.50. The number of imidazole rings is 1. The van der Waals surface area contributed by atoms with E-state index in [4.69, 9.17) is 9.47 Å². The molecule has 5 heteroatoms. The molecule has 0 fully saturated rings. The van der Waals surface area contributed by atoms with Crippen LogP contribution in [-0.2, 0) is 11.2 Å². The molecule has 2 aromatic carbocycles. The van der Waals surface area contributed by atoms with Gasteiger partial charge in [0, 0.05) is 6.42 Å². The van der Waals surface area contributed by atoms with Crippen LogP contribution >= 0.6 is 0 Å². The minimum absolute atomic E-state index is 0.412. The summed E-state index contributed by atoms with van der Waals surface area (Å²) >= 11 is 0. The lowest BCUT2D eigenvalue weighted by molar-refractivity contribution is 0.0603. The molecular formula is C17H16N2O3. The number of hydrogen-bond donors (Lipinski definition) is 1. The van der Waals surface area contributed by atoms with Gasteiger partial charge in [-0.2, -0.15) is 0 Å². The van der Waals surface area contributed by atoms with Gasteiger partial charge in [-0.15, -0.1) is 0 Å². The van der Waals surface area contributed by atoms with Gasteiger partial charge >= 0.3 is 5.97 Å². The number of aromatic amines is 1. The van der Waals surface area contributed by atoms with E-state index >= 15 is 0 Å². The van der Waals surface area contributed by atoms with E-state index in [1.54, 1.807) is 19.2 Å². The van der Waals surface area contributed by atoms with Crippen molar-refractivity contribution in [1.82, 2.24) is 9.97 Å². The molecule has 3 rings (SSSR count). The molecule has 0 aliphatic heterocycles. The van der Waals surface area contributed by atoms with E-state index in [0.29, 0.717) is 28.8 Å². The van der Waals surface area contributed by atoms with Crippen LogP contribution in [0.5, 0.6) is 5.75 Å². The van der Waals surface area contributed by atoms with Crippen molar-refractivity contribution in [3.05, 3.63) is 59.4 Å². The molecular weight excluding hydrogens is 280 g/mol. The van der Waals surface area contributed by atoms with E-state index in [1.807, 2.05) is 30.3 Å². The zero-order valence-electron chi connectivity index (χ0n) is 12.4. The highest BCUT2D eigenvalue weighted by Gasteiger charge is 2.17. The normalized spacial score (nSPS) is 10.6. The van der Waals surface area contributed by atoms with Crippen LogP contribution in [-0.4, -0.2) is 30.2 Å². The van der Waals surface area contributed by atoms with Gasteiger partial charge in [-0.05, 0) is 17.7 Å². The van der Waals surface area contributed by atoms with Crippen molar-refractivity contribution >= 4 is 17.0 Å². The van der Waals surface area contributed by atoms with E-state index < -0.39 is 5.97 Å². The molecule has 0 bridgehead atoms.